The molecule has 3 unspecified atom stereocenters. The normalized spacial score (nSPS) is 20.5. The van der Waals surface area contributed by atoms with Crippen LogP contribution in [0.4, 0.5) is 5.13 Å². The molecule has 7 rings (SSSR count). The van der Waals surface area contributed by atoms with Gasteiger partial charge < -0.3 is 24.4 Å². The molecule has 318 valence electrons. The number of oxazole rings is 1. The van der Waals surface area contributed by atoms with Crippen LogP contribution in [0.3, 0.4) is 0 Å². The van der Waals surface area contributed by atoms with E-state index in [4.69, 9.17) is 4.42 Å². The van der Waals surface area contributed by atoms with Gasteiger partial charge in [0.1, 0.15) is 22.4 Å². The lowest BCUT2D eigenvalue weighted by molar-refractivity contribution is -0.137. The number of aryl methyl sites for hydroxylation is 1. The number of nitriles is 1. The summed E-state index contributed by atoms with van der Waals surface area (Å²) in [7, 11) is 1.76. The minimum absolute atomic E-state index is 0.0364. The Morgan fingerprint density at radius 1 is 1.05 bits per heavy atom. The summed E-state index contributed by atoms with van der Waals surface area (Å²) in [6.45, 7) is 10.2. The van der Waals surface area contributed by atoms with Crippen molar-refractivity contribution in [2.24, 2.45) is 5.92 Å². The zero-order valence-electron chi connectivity index (χ0n) is 35.3. The SMILES string of the molecule is CCCC(c1ccc(CCC(=O)N2C3CCC2CC(N2CCC(C(=O)Nc4ncc(SCc5ncc(C(C)(C)C)o5)s4)CC2)C3)cc1)N(C)C(=O)/C(C#N)=C/c1nccs1. The number of anilines is 1. The third-order valence-corrected chi connectivity index (χ3v) is 15.0. The Balaban J connectivity index is 0.847. The number of hydrogen-bond donors (Lipinski definition) is 1. The van der Waals surface area contributed by atoms with E-state index in [1.165, 1.54) is 22.7 Å². The number of fused-ring (bicyclic) bond motifs is 2. The number of nitrogens with one attached hydrogen (secondary N) is 1. The highest BCUT2D eigenvalue weighted by atomic mass is 32.2. The number of thiazole rings is 2. The smallest absolute Gasteiger partial charge is 0.264 e. The number of carbonyl (C=O) groups excluding carboxylic acids is 3. The van der Waals surface area contributed by atoms with Crippen molar-refractivity contribution in [3.05, 3.63) is 81.6 Å². The van der Waals surface area contributed by atoms with Crippen molar-refractivity contribution in [1.82, 2.24) is 29.7 Å². The van der Waals surface area contributed by atoms with Crippen molar-refractivity contribution in [2.45, 2.75) is 131 Å². The van der Waals surface area contributed by atoms with E-state index >= 15 is 0 Å². The van der Waals surface area contributed by atoms with E-state index in [-0.39, 0.29) is 52.8 Å². The van der Waals surface area contributed by atoms with Crippen LogP contribution in [-0.4, -0.2) is 85.6 Å². The quantitative estimate of drug-likeness (QED) is 0.0698. The van der Waals surface area contributed by atoms with E-state index in [9.17, 15) is 19.6 Å². The molecule has 1 N–H and O–H groups in total. The van der Waals surface area contributed by atoms with Crippen molar-refractivity contribution in [3.8, 4) is 6.07 Å². The number of thioether (sulfide) groups is 1. The number of rotatable bonds is 15. The third kappa shape index (κ3) is 10.6. The lowest BCUT2D eigenvalue weighted by atomic mass is 9.90. The summed E-state index contributed by atoms with van der Waals surface area (Å²) >= 11 is 4.48. The summed E-state index contributed by atoms with van der Waals surface area (Å²) < 4.78 is 6.92. The molecule has 3 aliphatic rings. The Kier molecular flexibility index (Phi) is 14.3. The maximum absolute atomic E-state index is 13.7. The van der Waals surface area contributed by atoms with E-state index in [0.717, 1.165) is 85.6 Å². The van der Waals surface area contributed by atoms with E-state index in [0.29, 0.717) is 40.7 Å². The first-order valence-corrected chi connectivity index (χ1v) is 23.9. The molecule has 2 bridgehead atoms. The number of nitrogens with zero attached hydrogens (tertiary/aromatic N) is 7. The van der Waals surface area contributed by atoms with Crippen LogP contribution < -0.4 is 5.32 Å². The van der Waals surface area contributed by atoms with Gasteiger partial charge in [0.15, 0.2) is 5.13 Å². The topological polar surface area (TPSA) is 149 Å². The zero-order valence-corrected chi connectivity index (χ0v) is 37.7. The van der Waals surface area contributed by atoms with Gasteiger partial charge in [-0.15, -0.1) is 23.1 Å². The monoisotopic (exact) mass is 868 g/mol. The van der Waals surface area contributed by atoms with Crippen molar-refractivity contribution in [3.63, 3.8) is 0 Å². The molecular formula is C45H56N8O4S3. The fourth-order valence-electron chi connectivity index (χ4n) is 8.88. The molecule has 4 aromatic rings. The van der Waals surface area contributed by atoms with Gasteiger partial charge in [0.25, 0.3) is 5.91 Å². The summed E-state index contributed by atoms with van der Waals surface area (Å²) in [5.74, 6) is 2.09. The molecule has 3 aliphatic heterocycles. The largest absolute Gasteiger partial charge is 0.444 e. The second-order valence-electron chi connectivity index (χ2n) is 17.3. The van der Waals surface area contributed by atoms with E-state index < -0.39 is 0 Å². The van der Waals surface area contributed by atoms with Crippen LogP contribution in [-0.2, 0) is 32.0 Å². The van der Waals surface area contributed by atoms with Gasteiger partial charge in [-0.3, -0.25) is 14.4 Å². The van der Waals surface area contributed by atoms with Gasteiger partial charge in [0, 0.05) is 54.5 Å². The number of piperidine rings is 2. The molecule has 1 aromatic carbocycles. The highest BCUT2D eigenvalue weighted by molar-refractivity contribution is 8.00. The number of carbonyl (C=O) groups is 3. The molecule has 3 fully saturated rings. The molecule has 12 nitrogen and oxygen atoms in total. The van der Waals surface area contributed by atoms with Crippen molar-refractivity contribution < 1.29 is 18.8 Å². The van der Waals surface area contributed by atoms with Gasteiger partial charge in [-0.1, -0.05) is 69.7 Å². The fraction of sp³-hybridized carbons (Fsp3) is 0.533. The van der Waals surface area contributed by atoms with E-state index in [2.05, 4.69) is 88.1 Å². The lowest BCUT2D eigenvalue weighted by Crippen LogP contribution is -2.54. The standard InChI is InChI=1S/C45H56N8O4S3/c1-6-7-36(51(5)43(56)32(25-46)22-39-47-18-21-58-39)30-11-8-29(9-12-30)10-15-40(54)53-33-13-14-34(53)24-35(23-33)52-19-16-31(17-20-52)42(55)50-44-49-27-41(60-44)59-28-38-48-26-37(57-38)45(2,3)4/h8-9,11-12,18,21-22,26-27,31,33-36H,6-7,10,13-17,19-20,23-24,28H2,1-5H3,(H,49,50,55)/b32-22+. The van der Waals surface area contributed by atoms with Gasteiger partial charge >= 0.3 is 0 Å². The second kappa shape index (κ2) is 19.6. The molecular weight excluding hydrogens is 813 g/mol. The van der Waals surface area contributed by atoms with Crippen LogP contribution in [0.5, 0.6) is 0 Å². The predicted octanol–water partition coefficient (Wildman–Crippen LogP) is 8.89. The first-order chi connectivity index (χ1) is 28.9. The van der Waals surface area contributed by atoms with Crippen molar-refractivity contribution in [1.29, 1.82) is 5.26 Å². The van der Waals surface area contributed by atoms with Crippen LogP contribution >= 0.6 is 34.4 Å². The zero-order chi connectivity index (χ0) is 42.4. The van der Waals surface area contributed by atoms with Gasteiger partial charge in [-0.05, 0) is 81.7 Å². The highest BCUT2D eigenvalue weighted by Gasteiger charge is 2.45. The molecule has 0 aliphatic carbocycles. The molecule has 3 saturated heterocycles. The molecule has 15 heteroatoms. The van der Waals surface area contributed by atoms with Crippen LogP contribution in [0.2, 0.25) is 0 Å². The van der Waals surface area contributed by atoms with Crippen LogP contribution in [0.15, 0.2) is 62.4 Å². The Bertz CT molecular complexity index is 2150. The number of amides is 3. The average molecular weight is 869 g/mol. The number of likely N-dealkylation sites (tertiary alicyclic amines) is 1. The van der Waals surface area contributed by atoms with Gasteiger partial charge in [-0.2, -0.15) is 5.26 Å². The highest BCUT2D eigenvalue weighted by Crippen LogP contribution is 2.40. The number of aromatic nitrogens is 3. The van der Waals surface area contributed by atoms with Gasteiger partial charge in [0.2, 0.25) is 17.7 Å². The van der Waals surface area contributed by atoms with Crippen LogP contribution in [0, 0.1) is 17.2 Å². The molecule has 3 atom stereocenters. The molecule has 3 aromatic heterocycles. The van der Waals surface area contributed by atoms with Crippen molar-refractivity contribution in [2.75, 3.05) is 25.5 Å². The maximum Gasteiger partial charge on any atom is 0.264 e. The molecule has 6 heterocycles. The minimum Gasteiger partial charge on any atom is -0.444 e. The average Bonchev–Trinajstić information content (AvgIpc) is 4.08. The molecule has 0 radical (unpaired) electrons. The molecule has 60 heavy (non-hydrogen) atoms. The summed E-state index contributed by atoms with van der Waals surface area (Å²) in [5.41, 5.74) is 2.09. The summed E-state index contributed by atoms with van der Waals surface area (Å²) in [6, 6.07) is 11.1. The number of benzene rings is 1. The Morgan fingerprint density at radius 2 is 1.78 bits per heavy atom. The predicted molar refractivity (Wildman–Crippen MR) is 237 cm³/mol. The minimum atomic E-state index is -0.321. The van der Waals surface area contributed by atoms with Gasteiger partial charge in [0.05, 0.1) is 28.4 Å². The van der Waals surface area contributed by atoms with Crippen LogP contribution in [0.25, 0.3) is 6.08 Å². The van der Waals surface area contributed by atoms with E-state index in [1.54, 1.807) is 48.4 Å². The molecule has 3 amide bonds. The van der Waals surface area contributed by atoms with Crippen molar-refractivity contribution >= 4 is 63.4 Å². The van der Waals surface area contributed by atoms with E-state index in [1.807, 2.05) is 5.38 Å². The summed E-state index contributed by atoms with van der Waals surface area (Å²) in [5, 5.41) is 15.9. The van der Waals surface area contributed by atoms with Crippen LogP contribution in [0.1, 0.15) is 119 Å². The Labute approximate surface area is 365 Å². The Hall–Kier alpha value is -4.36. The maximum atomic E-state index is 13.7. The summed E-state index contributed by atoms with van der Waals surface area (Å²) in [6.07, 6.45) is 15.3. The molecule has 0 saturated carbocycles. The molecule has 0 spiro atoms. The van der Waals surface area contributed by atoms with Gasteiger partial charge in [-0.25, -0.2) is 15.0 Å². The first kappa shape index (κ1) is 43.7. The number of likely N-dealkylation sites (N-methyl/N-ethyl adjacent to an activating group) is 1. The number of hydrogen-bond acceptors (Lipinski definition) is 12. The lowest BCUT2D eigenvalue weighted by Gasteiger charge is -2.45. The fourth-order valence-corrected chi connectivity index (χ4v) is 11.2. The second-order valence-corrected chi connectivity index (χ2v) is 20.5. The summed E-state index contributed by atoms with van der Waals surface area (Å²) in [4.78, 5) is 59.9. The third-order valence-electron chi connectivity index (χ3n) is 12.2. The first-order valence-electron chi connectivity index (χ1n) is 21.2. The Morgan fingerprint density at radius 3 is 2.42 bits per heavy atom.